The number of aromatic nitrogens is 2. The zero-order valence-corrected chi connectivity index (χ0v) is 11.6. The van der Waals surface area contributed by atoms with Crippen molar-refractivity contribution in [2.24, 2.45) is 0 Å². The van der Waals surface area contributed by atoms with Crippen molar-refractivity contribution in [1.29, 1.82) is 0 Å². The van der Waals surface area contributed by atoms with Crippen LogP contribution in [0.4, 0.5) is 0 Å². The Labute approximate surface area is 113 Å². The molecule has 0 aliphatic rings. The fraction of sp³-hybridized carbons (Fsp3) is 0.400. The number of aliphatic hydroxyl groups is 1. The number of hydrogen-bond donors (Lipinski definition) is 1. The molecule has 4 nitrogen and oxygen atoms in total. The molecule has 4 heteroatoms. The molecule has 1 atom stereocenters. The van der Waals surface area contributed by atoms with Crippen molar-refractivity contribution in [3.63, 3.8) is 0 Å². The van der Waals surface area contributed by atoms with Gasteiger partial charge < -0.3 is 9.84 Å². The monoisotopic (exact) mass is 260 g/mol. The molecule has 0 amide bonds. The SMILES string of the molecule is COc1ccccc1CC(O)c1cnn(C(C)C)c1. The zero-order chi connectivity index (χ0) is 13.8. The van der Waals surface area contributed by atoms with E-state index in [-0.39, 0.29) is 0 Å². The summed E-state index contributed by atoms with van der Waals surface area (Å²) in [4.78, 5) is 0. The van der Waals surface area contributed by atoms with Crippen LogP contribution in [0.3, 0.4) is 0 Å². The fourth-order valence-corrected chi connectivity index (χ4v) is 2.00. The summed E-state index contributed by atoms with van der Waals surface area (Å²) in [5.41, 5.74) is 1.83. The lowest BCUT2D eigenvalue weighted by atomic mass is 10.0. The summed E-state index contributed by atoms with van der Waals surface area (Å²) in [5.74, 6) is 0.804. The summed E-state index contributed by atoms with van der Waals surface area (Å²) in [7, 11) is 1.64. The maximum absolute atomic E-state index is 10.3. The van der Waals surface area contributed by atoms with Gasteiger partial charge in [0, 0.05) is 24.2 Å². The van der Waals surface area contributed by atoms with Gasteiger partial charge in [0.15, 0.2) is 0 Å². The summed E-state index contributed by atoms with van der Waals surface area (Å²) in [6.07, 6.45) is 3.57. The van der Waals surface area contributed by atoms with Gasteiger partial charge in [0.05, 0.1) is 19.4 Å². The van der Waals surface area contributed by atoms with Gasteiger partial charge in [-0.1, -0.05) is 18.2 Å². The molecule has 0 radical (unpaired) electrons. The lowest BCUT2D eigenvalue weighted by molar-refractivity contribution is 0.177. The van der Waals surface area contributed by atoms with Gasteiger partial charge in [-0.05, 0) is 25.5 Å². The highest BCUT2D eigenvalue weighted by Crippen LogP contribution is 2.24. The molecule has 2 aromatic rings. The largest absolute Gasteiger partial charge is 0.496 e. The Bertz CT molecular complexity index is 534. The van der Waals surface area contributed by atoms with E-state index in [4.69, 9.17) is 4.74 Å². The van der Waals surface area contributed by atoms with E-state index in [0.29, 0.717) is 12.5 Å². The lowest BCUT2D eigenvalue weighted by Crippen LogP contribution is -2.03. The van der Waals surface area contributed by atoms with E-state index in [0.717, 1.165) is 16.9 Å². The highest BCUT2D eigenvalue weighted by molar-refractivity contribution is 5.34. The molecular weight excluding hydrogens is 240 g/mol. The molecule has 1 unspecified atom stereocenters. The van der Waals surface area contributed by atoms with Crippen LogP contribution in [0, 0.1) is 0 Å². The maximum atomic E-state index is 10.3. The fourth-order valence-electron chi connectivity index (χ4n) is 2.00. The van der Waals surface area contributed by atoms with Crippen LogP contribution < -0.4 is 4.74 Å². The van der Waals surface area contributed by atoms with Crippen LogP contribution >= 0.6 is 0 Å². The minimum absolute atomic E-state index is 0.298. The summed E-state index contributed by atoms with van der Waals surface area (Å²) in [5, 5.41) is 14.5. The number of hydrogen-bond acceptors (Lipinski definition) is 3. The summed E-state index contributed by atoms with van der Waals surface area (Å²) >= 11 is 0. The number of ether oxygens (including phenoxy) is 1. The zero-order valence-electron chi connectivity index (χ0n) is 11.6. The summed E-state index contributed by atoms with van der Waals surface area (Å²) in [6.45, 7) is 4.12. The molecule has 1 N–H and O–H groups in total. The van der Waals surface area contributed by atoms with Crippen molar-refractivity contribution >= 4 is 0 Å². The third-order valence-electron chi connectivity index (χ3n) is 3.14. The van der Waals surface area contributed by atoms with Gasteiger partial charge in [-0.2, -0.15) is 5.10 Å². The topological polar surface area (TPSA) is 47.3 Å². The molecule has 0 aliphatic carbocycles. The van der Waals surface area contributed by atoms with Crippen molar-refractivity contribution in [1.82, 2.24) is 9.78 Å². The number of nitrogens with zero attached hydrogens (tertiary/aromatic N) is 2. The average Bonchev–Trinajstić information content (AvgIpc) is 2.89. The first-order chi connectivity index (χ1) is 9.11. The second-order valence-corrected chi connectivity index (χ2v) is 4.88. The number of benzene rings is 1. The molecule has 0 fully saturated rings. The predicted octanol–water partition coefficient (Wildman–Crippen LogP) is 2.75. The van der Waals surface area contributed by atoms with Crippen LogP contribution in [-0.4, -0.2) is 22.0 Å². The van der Waals surface area contributed by atoms with Crippen molar-refractivity contribution in [3.05, 3.63) is 47.8 Å². The van der Waals surface area contributed by atoms with Gasteiger partial charge in [0.1, 0.15) is 5.75 Å². The van der Waals surface area contributed by atoms with Crippen LogP contribution in [0.1, 0.15) is 37.1 Å². The van der Waals surface area contributed by atoms with E-state index < -0.39 is 6.10 Å². The Kier molecular flexibility index (Phi) is 4.22. The lowest BCUT2D eigenvalue weighted by Gasteiger charge is -2.12. The first kappa shape index (κ1) is 13.6. The molecular formula is C15H20N2O2. The standard InChI is InChI=1S/C15H20N2O2/c1-11(2)17-10-13(9-16-17)14(18)8-12-6-4-5-7-15(12)19-3/h4-7,9-11,14,18H,8H2,1-3H3. The second kappa shape index (κ2) is 5.89. The average molecular weight is 260 g/mol. The summed E-state index contributed by atoms with van der Waals surface area (Å²) in [6, 6.07) is 8.04. The van der Waals surface area contributed by atoms with E-state index in [9.17, 15) is 5.11 Å². The molecule has 19 heavy (non-hydrogen) atoms. The molecule has 102 valence electrons. The van der Waals surface area contributed by atoms with Gasteiger partial charge in [-0.25, -0.2) is 0 Å². The van der Waals surface area contributed by atoms with Crippen LogP contribution in [-0.2, 0) is 6.42 Å². The molecule has 0 bridgehead atoms. The Hall–Kier alpha value is -1.81. The molecule has 1 aromatic heterocycles. The Morgan fingerprint density at radius 3 is 2.68 bits per heavy atom. The molecule has 0 aliphatic heterocycles. The number of aliphatic hydroxyl groups excluding tert-OH is 1. The molecule has 1 heterocycles. The van der Waals surface area contributed by atoms with Gasteiger partial charge in [-0.15, -0.1) is 0 Å². The molecule has 0 spiro atoms. The van der Waals surface area contributed by atoms with Gasteiger partial charge in [0.25, 0.3) is 0 Å². The van der Waals surface area contributed by atoms with Crippen molar-refractivity contribution in [2.45, 2.75) is 32.4 Å². The van der Waals surface area contributed by atoms with Crippen molar-refractivity contribution in [2.75, 3.05) is 7.11 Å². The van der Waals surface area contributed by atoms with E-state index >= 15 is 0 Å². The van der Waals surface area contributed by atoms with Crippen LogP contribution in [0.25, 0.3) is 0 Å². The van der Waals surface area contributed by atoms with Crippen molar-refractivity contribution in [3.8, 4) is 5.75 Å². The van der Waals surface area contributed by atoms with E-state index in [1.54, 1.807) is 13.3 Å². The number of methoxy groups -OCH3 is 1. The minimum atomic E-state index is -0.566. The molecule has 0 saturated heterocycles. The smallest absolute Gasteiger partial charge is 0.122 e. The van der Waals surface area contributed by atoms with Gasteiger partial charge in [-0.3, -0.25) is 4.68 Å². The van der Waals surface area contributed by atoms with Crippen molar-refractivity contribution < 1.29 is 9.84 Å². The maximum Gasteiger partial charge on any atom is 0.122 e. The third-order valence-corrected chi connectivity index (χ3v) is 3.14. The second-order valence-electron chi connectivity index (χ2n) is 4.88. The first-order valence-electron chi connectivity index (χ1n) is 6.46. The van der Waals surface area contributed by atoms with E-state index in [2.05, 4.69) is 18.9 Å². The third kappa shape index (κ3) is 3.15. The van der Waals surface area contributed by atoms with Crippen LogP contribution in [0.15, 0.2) is 36.7 Å². The quantitative estimate of drug-likeness (QED) is 0.899. The number of rotatable bonds is 5. The first-order valence-corrected chi connectivity index (χ1v) is 6.46. The normalized spacial score (nSPS) is 12.7. The Balaban J connectivity index is 2.13. The van der Waals surface area contributed by atoms with E-state index in [1.165, 1.54) is 0 Å². The highest BCUT2D eigenvalue weighted by Gasteiger charge is 2.14. The highest BCUT2D eigenvalue weighted by atomic mass is 16.5. The van der Waals surface area contributed by atoms with Crippen LogP contribution in [0.2, 0.25) is 0 Å². The molecule has 0 saturated carbocycles. The molecule has 1 aromatic carbocycles. The Morgan fingerprint density at radius 2 is 2.05 bits per heavy atom. The van der Waals surface area contributed by atoms with Gasteiger partial charge >= 0.3 is 0 Å². The van der Waals surface area contributed by atoms with Gasteiger partial charge in [0.2, 0.25) is 0 Å². The van der Waals surface area contributed by atoms with Crippen LogP contribution in [0.5, 0.6) is 5.75 Å². The number of para-hydroxylation sites is 1. The minimum Gasteiger partial charge on any atom is -0.496 e. The van der Waals surface area contributed by atoms with E-state index in [1.807, 2.05) is 35.1 Å². The molecule has 2 rings (SSSR count). The summed E-state index contributed by atoms with van der Waals surface area (Å²) < 4.78 is 7.14. The predicted molar refractivity (Wildman–Crippen MR) is 74.3 cm³/mol. The Morgan fingerprint density at radius 1 is 1.32 bits per heavy atom.